The van der Waals surface area contributed by atoms with E-state index in [-0.39, 0.29) is 11.8 Å². The highest BCUT2D eigenvalue weighted by molar-refractivity contribution is 5.94. The number of nitrogens with one attached hydrogen (secondary N) is 2. The molecule has 5 heteroatoms. The summed E-state index contributed by atoms with van der Waals surface area (Å²) in [4.78, 5) is 23.2. The van der Waals surface area contributed by atoms with Crippen LogP contribution in [0.15, 0.2) is 47.3 Å². The van der Waals surface area contributed by atoms with Crippen LogP contribution in [0.4, 0.5) is 0 Å². The van der Waals surface area contributed by atoms with E-state index in [0.717, 1.165) is 5.56 Å². The third-order valence-electron chi connectivity index (χ3n) is 2.65. The molecule has 0 aliphatic heterocycles. The maximum atomic E-state index is 11.7. The lowest BCUT2D eigenvalue weighted by molar-refractivity contribution is 0.0948. The van der Waals surface area contributed by atoms with Gasteiger partial charge in [-0.3, -0.25) is 9.59 Å². The topological polar surface area (TPSA) is 71.3 Å². The molecule has 0 unspecified atom stereocenters. The summed E-state index contributed by atoms with van der Waals surface area (Å²) in [6, 6.07) is 8.69. The smallest absolute Gasteiger partial charge is 0.254 e. The number of benzene rings is 1. The Labute approximate surface area is 110 Å². The normalized spacial score (nSPS) is 9.95. The Bertz CT molecular complexity index is 576. The highest BCUT2D eigenvalue weighted by Crippen LogP contribution is 2.06. The molecule has 1 aromatic heterocycles. The molecule has 1 heterocycles. The van der Waals surface area contributed by atoms with Crippen LogP contribution in [0.3, 0.4) is 0 Å². The molecule has 0 aliphatic rings. The quantitative estimate of drug-likeness (QED) is 0.874. The van der Waals surface area contributed by atoms with Gasteiger partial charge in [-0.2, -0.15) is 0 Å². The first-order chi connectivity index (χ1) is 9.20. The summed E-state index contributed by atoms with van der Waals surface area (Å²) in [5, 5.41) is 5.31. The van der Waals surface area contributed by atoms with Crippen molar-refractivity contribution in [3.8, 4) is 0 Å². The van der Waals surface area contributed by atoms with Gasteiger partial charge in [0.1, 0.15) is 6.26 Å². The maximum Gasteiger partial charge on any atom is 0.254 e. The standard InChI is InChI=1S/C14H14N2O3/c1-15-13(17)11-4-2-3-10(7-11)8-16-14(18)12-5-6-19-9-12/h2-7,9H,8H2,1H3,(H,15,17)(H,16,18). The van der Waals surface area contributed by atoms with Crippen molar-refractivity contribution in [2.75, 3.05) is 7.05 Å². The average Bonchev–Trinajstić information content (AvgIpc) is 2.98. The number of amides is 2. The lowest BCUT2D eigenvalue weighted by atomic mass is 10.1. The van der Waals surface area contributed by atoms with Crippen molar-refractivity contribution < 1.29 is 14.0 Å². The molecule has 19 heavy (non-hydrogen) atoms. The predicted octanol–water partition coefficient (Wildman–Crippen LogP) is 1.57. The Morgan fingerprint density at radius 1 is 1.16 bits per heavy atom. The van der Waals surface area contributed by atoms with Crippen LogP contribution in [0.25, 0.3) is 0 Å². The van der Waals surface area contributed by atoms with Crippen molar-refractivity contribution in [3.63, 3.8) is 0 Å². The molecule has 0 saturated heterocycles. The molecule has 0 aliphatic carbocycles. The van der Waals surface area contributed by atoms with E-state index < -0.39 is 0 Å². The molecule has 2 rings (SSSR count). The lowest BCUT2D eigenvalue weighted by Crippen LogP contribution is -2.23. The van der Waals surface area contributed by atoms with E-state index in [1.165, 1.54) is 12.5 Å². The fourth-order valence-corrected chi connectivity index (χ4v) is 1.64. The molecule has 0 spiro atoms. The van der Waals surface area contributed by atoms with Gasteiger partial charge in [0.2, 0.25) is 0 Å². The third-order valence-corrected chi connectivity index (χ3v) is 2.65. The van der Waals surface area contributed by atoms with Crippen molar-refractivity contribution in [2.24, 2.45) is 0 Å². The molecular weight excluding hydrogens is 244 g/mol. The van der Waals surface area contributed by atoms with E-state index in [4.69, 9.17) is 4.42 Å². The van der Waals surface area contributed by atoms with E-state index in [2.05, 4.69) is 10.6 Å². The van der Waals surface area contributed by atoms with Crippen molar-refractivity contribution in [1.82, 2.24) is 10.6 Å². The van der Waals surface area contributed by atoms with Crippen LogP contribution in [-0.2, 0) is 6.54 Å². The second kappa shape index (κ2) is 5.86. The van der Waals surface area contributed by atoms with Gasteiger partial charge >= 0.3 is 0 Å². The second-order valence-corrected chi connectivity index (χ2v) is 3.97. The van der Waals surface area contributed by atoms with Crippen LogP contribution < -0.4 is 10.6 Å². The Hall–Kier alpha value is -2.56. The van der Waals surface area contributed by atoms with Crippen LogP contribution in [-0.4, -0.2) is 18.9 Å². The number of carbonyl (C=O) groups excluding carboxylic acids is 2. The summed E-state index contributed by atoms with van der Waals surface area (Å²) in [5.41, 5.74) is 1.90. The van der Waals surface area contributed by atoms with Crippen LogP contribution in [0, 0.1) is 0 Å². The van der Waals surface area contributed by atoms with Gasteiger partial charge in [0, 0.05) is 19.2 Å². The Morgan fingerprint density at radius 2 is 2.00 bits per heavy atom. The predicted molar refractivity (Wildman–Crippen MR) is 69.7 cm³/mol. The maximum absolute atomic E-state index is 11.7. The summed E-state index contributed by atoms with van der Waals surface area (Å²) in [5.74, 6) is -0.359. The first-order valence-electron chi connectivity index (χ1n) is 5.82. The van der Waals surface area contributed by atoms with Gasteiger partial charge < -0.3 is 15.1 Å². The lowest BCUT2D eigenvalue weighted by Gasteiger charge is -2.06. The SMILES string of the molecule is CNC(=O)c1cccc(CNC(=O)c2ccoc2)c1. The summed E-state index contributed by atoms with van der Waals surface area (Å²) in [7, 11) is 1.58. The third kappa shape index (κ3) is 3.22. The van der Waals surface area contributed by atoms with Crippen molar-refractivity contribution in [1.29, 1.82) is 0 Å². The minimum absolute atomic E-state index is 0.150. The number of hydrogen-bond acceptors (Lipinski definition) is 3. The van der Waals surface area contributed by atoms with Gasteiger partial charge in [0.25, 0.3) is 11.8 Å². The van der Waals surface area contributed by atoms with Gasteiger partial charge in [0.05, 0.1) is 11.8 Å². The molecule has 0 fully saturated rings. The van der Waals surface area contributed by atoms with E-state index in [1.54, 1.807) is 31.3 Å². The Kier molecular flexibility index (Phi) is 3.97. The molecule has 2 N–H and O–H groups in total. The minimum atomic E-state index is -0.209. The van der Waals surface area contributed by atoms with Crippen LogP contribution in [0.2, 0.25) is 0 Å². The molecule has 1 aromatic carbocycles. The monoisotopic (exact) mass is 258 g/mol. The average molecular weight is 258 g/mol. The molecular formula is C14H14N2O3. The highest BCUT2D eigenvalue weighted by atomic mass is 16.3. The molecule has 2 amide bonds. The fraction of sp³-hybridized carbons (Fsp3) is 0.143. The number of carbonyl (C=O) groups is 2. The van der Waals surface area contributed by atoms with Crippen molar-refractivity contribution in [3.05, 3.63) is 59.5 Å². The summed E-state index contributed by atoms with van der Waals surface area (Å²) in [6.45, 7) is 0.356. The van der Waals surface area contributed by atoms with Crippen molar-refractivity contribution in [2.45, 2.75) is 6.54 Å². The molecule has 2 aromatic rings. The number of rotatable bonds is 4. The summed E-state index contributed by atoms with van der Waals surface area (Å²) in [6.07, 6.45) is 2.83. The Morgan fingerprint density at radius 3 is 2.68 bits per heavy atom. The van der Waals surface area contributed by atoms with Crippen molar-refractivity contribution >= 4 is 11.8 Å². The number of hydrogen-bond donors (Lipinski definition) is 2. The molecule has 0 bridgehead atoms. The molecule has 98 valence electrons. The zero-order valence-electron chi connectivity index (χ0n) is 10.5. The van der Waals surface area contributed by atoms with Crippen LogP contribution >= 0.6 is 0 Å². The summed E-state index contributed by atoms with van der Waals surface area (Å²) >= 11 is 0. The molecule has 0 radical (unpaired) electrons. The van der Waals surface area contributed by atoms with E-state index in [1.807, 2.05) is 6.07 Å². The molecule has 5 nitrogen and oxygen atoms in total. The first kappa shape index (κ1) is 12.9. The van der Waals surface area contributed by atoms with E-state index in [9.17, 15) is 9.59 Å². The fourth-order valence-electron chi connectivity index (χ4n) is 1.64. The van der Waals surface area contributed by atoms with Crippen LogP contribution in [0.1, 0.15) is 26.3 Å². The van der Waals surface area contributed by atoms with Gasteiger partial charge in [-0.25, -0.2) is 0 Å². The van der Waals surface area contributed by atoms with Crippen LogP contribution in [0.5, 0.6) is 0 Å². The van der Waals surface area contributed by atoms with E-state index in [0.29, 0.717) is 17.7 Å². The van der Waals surface area contributed by atoms with Gasteiger partial charge in [0.15, 0.2) is 0 Å². The van der Waals surface area contributed by atoms with Gasteiger partial charge in [-0.1, -0.05) is 12.1 Å². The second-order valence-electron chi connectivity index (χ2n) is 3.97. The van der Waals surface area contributed by atoms with Gasteiger partial charge in [-0.05, 0) is 23.8 Å². The molecule has 0 atom stereocenters. The van der Waals surface area contributed by atoms with E-state index >= 15 is 0 Å². The minimum Gasteiger partial charge on any atom is -0.472 e. The zero-order chi connectivity index (χ0) is 13.7. The highest BCUT2D eigenvalue weighted by Gasteiger charge is 2.07. The molecule has 0 saturated carbocycles. The Balaban J connectivity index is 2.00. The van der Waals surface area contributed by atoms with Gasteiger partial charge in [-0.15, -0.1) is 0 Å². The summed E-state index contributed by atoms with van der Waals surface area (Å²) < 4.78 is 4.84. The zero-order valence-corrected chi connectivity index (χ0v) is 10.5. The number of furan rings is 1. The largest absolute Gasteiger partial charge is 0.472 e. The first-order valence-corrected chi connectivity index (χ1v) is 5.82.